The molecule has 4 rings (SSSR count). The van der Waals surface area contributed by atoms with Gasteiger partial charge in [-0.3, -0.25) is 4.99 Å². The SMILES string of the molecule is CC(c1ccc(Nc2ccc(NC(C)(C)C)cc2)c(C(=O)O)c1)C(C)(C)N=C1C=CC(=Nc2ccc(C(C)(C)C)cc2C(=O)O)C=C1. The Bertz CT molecular complexity index is 1760. The fourth-order valence-corrected chi connectivity index (χ4v) is 5.19. The smallest absolute Gasteiger partial charge is 0.337 e. The van der Waals surface area contributed by atoms with E-state index in [1.165, 1.54) is 0 Å². The maximum absolute atomic E-state index is 12.3. The number of nitrogens with zero attached hydrogens (tertiary/aromatic N) is 2. The van der Waals surface area contributed by atoms with Gasteiger partial charge in [0.25, 0.3) is 0 Å². The van der Waals surface area contributed by atoms with Gasteiger partial charge in [0.05, 0.1) is 39.5 Å². The molecule has 0 saturated heterocycles. The molecule has 0 aromatic heterocycles. The van der Waals surface area contributed by atoms with Crippen LogP contribution in [0.15, 0.2) is 95.0 Å². The second-order valence-corrected chi connectivity index (χ2v) is 14.6. The summed E-state index contributed by atoms with van der Waals surface area (Å²) >= 11 is 0. The number of benzene rings is 3. The number of nitrogens with one attached hydrogen (secondary N) is 2. The monoisotopic (exact) mass is 634 g/mol. The normalized spacial score (nSPS) is 14.1. The number of allylic oxidation sites excluding steroid dienone is 4. The molecule has 1 atom stereocenters. The van der Waals surface area contributed by atoms with Crippen LogP contribution in [0.4, 0.5) is 22.7 Å². The molecule has 0 fully saturated rings. The fourth-order valence-electron chi connectivity index (χ4n) is 5.19. The van der Waals surface area contributed by atoms with E-state index in [2.05, 4.69) is 36.4 Å². The maximum atomic E-state index is 12.3. The molecule has 246 valence electrons. The number of hydrogen-bond acceptors (Lipinski definition) is 6. The molecule has 0 heterocycles. The molecule has 0 saturated carbocycles. The zero-order valence-electron chi connectivity index (χ0n) is 28.8. The Labute approximate surface area is 278 Å². The Hall–Kier alpha value is -4.98. The van der Waals surface area contributed by atoms with Gasteiger partial charge < -0.3 is 20.8 Å². The lowest BCUT2D eigenvalue weighted by atomic mass is 9.83. The van der Waals surface area contributed by atoms with Crippen LogP contribution in [0.3, 0.4) is 0 Å². The molecule has 0 spiro atoms. The standard InChI is InChI=1S/C39H46N4O4/c1-24(25-10-20-33(31(22-25)35(44)45)40-27-12-16-29(17-13-27)42-38(5,6)7)39(8,9)43-30-18-14-28(15-19-30)41-34-21-11-26(37(2,3)4)23-32(34)36(46)47/h10-24,40,42H,1-9H3,(H,44,45)(H,46,47). The number of hydrogen-bond donors (Lipinski definition) is 4. The van der Waals surface area contributed by atoms with Crippen LogP contribution in [-0.2, 0) is 5.41 Å². The molecule has 8 heteroatoms. The second kappa shape index (κ2) is 13.4. The molecular weight excluding hydrogens is 588 g/mol. The average molecular weight is 635 g/mol. The van der Waals surface area contributed by atoms with Crippen molar-refractivity contribution in [3.8, 4) is 0 Å². The first kappa shape index (κ1) is 34.9. The lowest BCUT2D eigenvalue weighted by molar-refractivity contribution is 0.0686. The number of aromatic carboxylic acids is 2. The van der Waals surface area contributed by atoms with E-state index in [9.17, 15) is 19.8 Å². The molecule has 0 aliphatic heterocycles. The summed E-state index contributed by atoms with van der Waals surface area (Å²) in [5.41, 5.74) is 5.36. The van der Waals surface area contributed by atoms with Crippen LogP contribution in [0.1, 0.15) is 100 Å². The van der Waals surface area contributed by atoms with E-state index in [-0.39, 0.29) is 28.0 Å². The molecular formula is C39H46N4O4. The second-order valence-electron chi connectivity index (χ2n) is 14.6. The molecule has 0 radical (unpaired) electrons. The minimum atomic E-state index is -1.02. The number of carbonyl (C=O) groups is 2. The first-order valence-electron chi connectivity index (χ1n) is 15.8. The van der Waals surface area contributed by atoms with Crippen LogP contribution in [0.25, 0.3) is 0 Å². The molecule has 0 amide bonds. The summed E-state index contributed by atoms with van der Waals surface area (Å²) in [5.74, 6) is -2.14. The zero-order chi connectivity index (χ0) is 34.7. The van der Waals surface area contributed by atoms with E-state index >= 15 is 0 Å². The third kappa shape index (κ3) is 9.06. The third-order valence-electron chi connectivity index (χ3n) is 8.13. The molecule has 0 bridgehead atoms. The summed E-state index contributed by atoms with van der Waals surface area (Å²) < 4.78 is 0. The number of carboxylic acid groups (broad SMARTS) is 2. The summed E-state index contributed by atoms with van der Waals surface area (Å²) in [6.07, 6.45) is 7.35. The zero-order valence-corrected chi connectivity index (χ0v) is 28.8. The van der Waals surface area contributed by atoms with Gasteiger partial charge in [-0.1, -0.05) is 39.8 Å². The van der Waals surface area contributed by atoms with E-state index in [0.29, 0.717) is 17.1 Å². The van der Waals surface area contributed by atoms with Crippen molar-refractivity contribution in [2.45, 2.75) is 84.7 Å². The summed E-state index contributed by atoms with van der Waals surface area (Å²) in [7, 11) is 0. The van der Waals surface area contributed by atoms with Gasteiger partial charge in [-0.25, -0.2) is 14.6 Å². The van der Waals surface area contributed by atoms with Gasteiger partial charge in [0.1, 0.15) is 0 Å². The van der Waals surface area contributed by atoms with E-state index in [1.54, 1.807) is 18.2 Å². The summed E-state index contributed by atoms with van der Waals surface area (Å²) in [5, 5.41) is 26.6. The van der Waals surface area contributed by atoms with Crippen molar-refractivity contribution in [2.75, 3.05) is 10.6 Å². The highest BCUT2D eigenvalue weighted by atomic mass is 16.4. The largest absolute Gasteiger partial charge is 0.478 e. The number of anilines is 3. The summed E-state index contributed by atoms with van der Waals surface area (Å²) in [4.78, 5) is 33.9. The van der Waals surface area contributed by atoms with E-state index in [1.807, 2.05) is 108 Å². The maximum Gasteiger partial charge on any atom is 0.337 e. The lowest BCUT2D eigenvalue weighted by Crippen LogP contribution is -2.27. The lowest BCUT2D eigenvalue weighted by Gasteiger charge is -2.29. The number of aliphatic imine (C=N–C) groups is 2. The van der Waals surface area contributed by atoms with Crippen molar-refractivity contribution in [3.63, 3.8) is 0 Å². The van der Waals surface area contributed by atoms with E-state index in [0.717, 1.165) is 28.2 Å². The average Bonchev–Trinajstić information content (AvgIpc) is 2.97. The van der Waals surface area contributed by atoms with Crippen LogP contribution in [-0.4, -0.2) is 44.7 Å². The first-order chi connectivity index (χ1) is 21.8. The highest BCUT2D eigenvalue weighted by molar-refractivity contribution is 6.19. The molecule has 3 aromatic carbocycles. The third-order valence-corrected chi connectivity index (χ3v) is 8.13. The predicted molar refractivity (Wildman–Crippen MR) is 194 cm³/mol. The molecule has 8 nitrogen and oxygen atoms in total. The van der Waals surface area contributed by atoms with Gasteiger partial charge >= 0.3 is 11.9 Å². The highest BCUT2D eigenvalue weighted by Gasteiger charge is 2.28. The van der Waals surface area contributed by atoms with Crippen LogP contribution in [0.2, 0.25) is 0 Å². The molecule has 4 N–H and O–H groups in total. The summed E-state index contributed by atoms with van der Waals surface area (Å²) in [6, 6.07) is 18.6. The van der Waals surface area contributed by atoms with Gasteiger partial charge in [0, 0.05) is 22.8 Å². The first-order valence-corrected chi connectivity index (χ1v) is 15.8. The van der Waals surface area contributed by atoms with Crippen molar-refractivity contribution in [2.24, 2.45) is 9.98 Å². The van der Waals surface area contributed by atoms with Crippen molar-refractivity contribution in [1.29, 1.82) is 0 Å². The van der Waals surface area contributed by atoms with Crippen molar-refractivity contribution >= 4 is 46.1 Å². The Kier molecular flexibility index (Phi) is 9.95. The van der Waals surface area contributed by atoms with Gasteiger partial charge in [0.2, 0.25) is 0 Å². The van der Waals surface area contributed by atoms with Crippen LogP contribution < -0.4 is 10.6 Å². The number of carboxylic acids is 2. The quantitative estimate of drug-likeness (QED) is 0.174. The highest BCUT2D eigenvalue weighted by Crippen LogP contribution is 2.35. The minimum Gasteiger partial charge on any atom is -0.478 e. The van der Waals surface area contributed by atoms with E-state index in [4.69, 9.17) is 4.99 Å². The minimum absolute atomic E-state index is 0.0649. The molecule has 47 heavy (non-hydrogen) atoms. The Morgan fingerprint density at radius 3 is 1.83 bits per heavy atom. The Balaban J connectivity index is 1.52. The number of rotatable bonds is 9. The molecule has 1 unspecified atom stereocenters. The Morgan fingerprint density at radius 2 is 1.28 bits per heavy atom. The van der Waals surface area contributed by atoms with Crippen molar-refractivity contribution in [3.05, 3.63) is 107 Å². The van der Waals surface area contributed by atoms with Crippen LogP contribution in [0, 0.1) is 0 Å². The van der Waals surface area contributed by atoms with Gasteiger partial charge in [-0.15, -0.1) is 0 Å². The molecule has 1 aliphatic carbocycles. The van der Waals surface area contributed by atoms with Gasteiger partial charge in [0.15, 0.2) is 0 Å². The van der Waals surface area contributed by atoms with Crippen molar-refractivity contribution in [1.82, 2.24) is 0 Å². The van der Waals surface area contributed by atoms with Crippen LogP contribution in [0.5, 0.6) is 0 Å². The molecule has 1 aliphatic rings. The van der Waals surface area contributed by atoms with Gasteiger partial charge in [-0.2, -0.15) is 0 Å². The van der Waals surface area contributed by atoms with Crippen molar-refractivity contribution < 1.29 is 19.8 Å². The van der Waals surface area contributed by atoms with Gasteiger partial charge in [-0.05, 0) is 124 Å². The van der Waals surface area contributed by atoms with E-state index < -0.39 is 17.5 Å². The topological polar surface area (TPSA) is 123 Å². The fraction of sp³-hybridized carbons (Fsp3) is 0.333. The predicted octanol–water partition coefficient (Wildman–Crippen LogP) is 9.56. The summed E-state index contributed by atoms with van der Waals surface area (Å²) in [6.45, 7) is 18.5. The molecule has 3 aromatic rings. The Morgan fingerprint density at radius 1 is 0.702 bits per heavy atom. The van der Waals surface area contributed by atoms with Crippen LogP contribution >= 0.6 is 0 Å².